The van der Waals surface area contributed by atoms with Crippen molar-refractivity contribution in [1.29, 1.82) is 0 Å². The van der Waals surface area contributed by atoms with E-state index in [4.69, 9.17) is 4.74 Å². The van der Waals surface area contributed by atoms with Crippen LogP contribution in [-0.2, 0) is 0 Å². The van der Waals surface area contributed by atoms with Gasteiger partial charge in [0.1, 0.15) is 24.0 Å². The first-order valence-corrected chi connectivity index (χ1v) is 12.8. The zero-order chi connectivity index (χ0) is 22.5. The van der Waals surface area contributed by atoms with Crippen molar-refractivity contribution in [3.8, 4) is 5.75 Å². The lowest BCUT2D eigenvalue weighted by Gasteiger charge is -2.42. The number of benzene rings is 2. The molecule has 2 fully saturated rings. The molecule has 1 nitrogen and oxygen atoms in total. The molecule has 0 spiro atoms. The Labute approximate surface area is 192 Å². The third kappa shape index (κ3) is 5.35. The fourth-order valence-corrected chi connectivity index (χ4v) is 6.27. The maximum absolute atomic E-state index is 15.1. The maximum atomic E-state index is 15.1. The minimum absolute atomic E-state index is 0.203. The van der Waals surface area contributed by atoms with Crippen molar-refractivity contribution < 1.29 is 13.5 Å². The van der Waals surface area contributed by atoms with E-state index in [1.54, 1.807) is 18.2 Å². The van der Waals surface area contributed by atoms with Gasteiger partial charge in [-0.2, -0.15) is 0 Å². The van der Waals surface area contributed by atoms with Crippen LogP contribution >= 0.6 is 0 Å². The highest BCUT2D eigenvalue weighted by Gasteiger charge is 2.36. The van der Waals surface area contributed by atoms with Gasteiger partial charge in [0.05, 0.1) is 0 Å². The fourth-order valence-electron chi connectivity index (χ4n) is 6.27. The van der Waals surface area contributed by atoms with E-state index in [0.29, 0.717) is 34.6 Å². The molecule has 2 aliphatic rings. The largest absolute Gasteiger partial charge is 0.489 e. The topological polar surface area (TPSA) is 9.23 Å². The minimum Gasteiger partial charge on any atom is -0.489 e. The van der Waals surface area contributed by atoms with E-state index in [-0.39, 0.29) is 17.6 Å². The summed E-state index contributed by atoms with van der Waals surface area (Å²) in [6, 6.07) is 6.37. The normalized spacial score (nSPS) is 25.5. The Morgan fingerprint density at radius 3 is 2.56 bits per heavy atom. The molecule has 4 atom stereocenters. The van der Waals surface area contributed by atoms with Gasteiger partial charge in [-0.3, -0.25) is 0 Å². The van der Waals surface area contributed by atoms with Crippen LogP contribution in [0.1, 0.15) is 89.0 Å². The average molecular weight is 441 g/mol. The predicted octanol–water partition coefficient (Wildman–Crippen LogP) is 8.95. The van der Waals surface area contributed by atoms with Crippen molar-refractivity contribution in [3.63, 3.8) is 0 Å². The monoisotopic (exact) mass is 440 g/mol. The smallest absolute Gasteiger partial charge is 0.134 e. The molecule has 4 rings (SSSR count). The van der Waals surface area contributed by atoms with E-state index in [1.165, 1.54) is 69.9 Å². The first-order chi connectivity index (χ1) is 15.6. The van der Waals surface area contributed by atoms with Crippen LogP contribution in [0.5, 0.6) is 5.75 Å². The van der Waals surface area contributed by atoms with E-state index >= 15 is 4.39 Å². The first-order valence-electron chi connectivity index (χ1n) is 12.8. The molecule has 0 heterocycles. The van der Waals surface area contributed by atoms with Gasteiger partial charge in [-0.25, -0.2) is 8.78 Å². The highest BCUT2D eigenvalue weighted by atomic mass is 19.1. The highest BCUT2D eigenvalue weighted by Crippen LogP contribution is 2.49. The maximum Gasteiger partial charge on any atom is 0.134 e. The molecule has 0 bridgehead atoms. The fraction of sp³-hybridized carbons (Fsp3) is 0.586. The zero-order valence-electron chi connectivity index (χ0n) is 19.6. The second kappa shape index (κ2) is 10.8. The van der Waals surface area contributed by atoms with Gasteiger partial charge in [-0.15, -0.1) is 0 Å². The van der Waals surface area contributed by atoms with Gasteiger partial charge in [0.25, 0.3) is 0 Å². The number of rotatable bonds is 9. The third-order valence-electron chi connectivity index (χ3n) is 7.99. The SMILES string of the molecule is C=CCOc1cc(F)c2cc([C@@H]3CC[C@@H]4CC(CCCCCC)CCC4C3)c(F)cc2c1. The summed E-state index contributed by atoms with van der Waals surface area (Å²) in [7, 11) is 0. The summed E-state index contributed by atoms with van der Waals surface area (Å²) in [6.45, 7) is 6.18. The van der Waals surface area contributed by atoms with Gasteiger partial charge in [0.15, 0.2) is 0 Å². The van der Waals surface area contributed by atoms with Crippen LogP contribution in [0.4, 0.5) is 8.78 Å². The summed E-state index contributed by atoms with van der Waals surface area (Å²) in [5.74, 6) is 2.47. The summed E-state index contributed by atoms with van der Waals surface area (Å²) in [5, 5.41) is 1.05. The second-order valence-electron chi connectivity index (χ2n) is 10.2. The van der Waals surface area contributed by atoms with Gasteiger partial charge in [0.2, 0.25) is 0 Å². The van der Waals surface area contributed by atoms with Gasteiger partial charge < -0.3 is 4.74 Å². The average Bonchev–Trinajstić information content (AvgIpc) is 2.79. The quantitative estimate of drug-likeness (QED) is 0.279. The number of unbranched alkanes of at least 4 members (excludes halogenated alkanes) is 3. The molecule has 2 aliphatic carbocycles. The lowest BCUT2D eigenvalue weighted by Crippen LogP contribution is -2.30. The summed E-state index contributed by atoms with van der Waals surface area (Å²) < 4.78 is 35.4. The standard InChI is InChI=1S/C29H38F2O/c1-3-5-6-7-8-20-9-10-22-15-23(12-11-21(22)14-20)26-19-27-24(17-28(26)30)16-25(18-29(27)31)32-13-4-2/h4,16-23H,2-3,5-15H2,1H3/t20?,21-,22?,23-/m1/s1. The van der Waals surface area contributed by atoms with Gasteiger partial charge in [0, 0.05) is 11.5 Å². The van der Waals surface area contributed by atoms with E-state index in [0.717, 1.165) is 24.7 Å². The summed E-state index contributed by atoms with van der Waals surface area (Å²) in [4.78, 5) is 0. The highest BCUT2D eigenvalue weighted by molar-refractivity contribution is 5.85. The molecule has 0 radical (unpaired) electrons. The molecule has 2 unspecified atom stereocenters. The van der Waals surface area contributed by atoms with Crippen molar-refractivity contribution in [3.05, 3.63) is 54.1 Å². The summed E-state index contributed by atoms with van der Waals surface area (Å²) >= 11 is 0. The van der Waals surface area contributed by atoms with Crippen LogP contribution in [-0.4, -0.2) is 6.61 Å². The molecule has 2 aromatic rings. The Morgan fingerprint density at radius 2 is 1.75 bits per heavy atom. The van der Waals surface area contributed by atoms with E-state index in [9.17, 15) is 4.39 Å². The molecule has 32 heavy (non-hydrogen) atoms. The minimum atomic E-state index is -0.347. The number of hydrogen-bond donors (Lipinski definition) is 0. The molecule has 0 saturated heterocycles. The second-order valence-corrected chi connectivity index (χ2v) is 10.2. The van der Waals surface area contributed by atoms with Gasteiger partial charge >= 0.3 is 0 Å². The first kappa shape index (κ1) is 23.3. The van der Waals surface area contributed by atoms with Gasteiger partial charge in [-0.05, 0) is 84.9 Å². The van der Waals surface area contributed by atoms with Crippen molar-refractivity contribution in [2.75, 3.05) is 6.61 Å². The summed E-state index contributed by atoms with van der Waals surface area (Å²) in [6.07, 6.45) is 15.7. The lowest BCUT2D eigenvalue weighted by atomic mass is 9.63. The van der Waals surface area contributed by atoms with Crippen molar-refractivity contribution >= 4 is 10.8 Å². The van der Waals surface area contributed by atoms with Crippen LogP contribution in [0.2, 0.25) is 0 Å². The van der Waals surface area contributed by atoms with Crippen LogP contribution in [0.3, 0.4) is 0 Å². The Morgan fingerprint density at radius 1 is 0.938 bits per heavy atom. The molecular weight excluding hydrogens is 402 g/mol. The molecule has 0 N–H and O–H groups in total. The van der Waals surface area contributed by atoms with E-state index in [1.807, 2.05) is 0 Å². The third-order valence-corrected chi connectivity index (χ3v) is 7.99. The van der Waals surface area contributed by atoms with E-state index in [2.05, 4.69) is 13.5 Å². The number of ether oxygens (including phenoxy) is 1. The van der Waals surface area contributed by atoms with Crippen LogP contribution in [0.25, 0.3) is 10.8 Å². The Hall–Kier alpha value is -1.90. The number of fused-ring (bicyclic) bond motifs is 2. The molecule has 0 amide bonds. The van der Waals surface area contributed by atoms with Crippen molar-refractivity contribution in [2.24, 2.45) is 17.8 Å². The predicted molar refractivity (Wildman–Crippen MR) is 129 cm³/mol. The number of halogens is 2. The van der Waals surface area contributed by atoms with Crippen LogP contribution in [0, 0.1) is 29.4 Å². The molecule has 0 aromatic heterocycles. The Balaban J connectivity index is 1.43. The summed E-state index contributed by atoms with van der Waals surface area (Å²) in [5.41, 5.74) is 0.705. The van der Waals surface area contributed by atoms with Crippen molar-refractivity contribution in [2.45, 2.75) is 83.5 Å². The Bertz CT molecular complexity index is 921. The molecule has 0 aliphatic heterocycles. The zero-order valence-corrected chi connectivity index (χ0v) is 19.6. The van der Waals surface area contributed by atoms with Crippen LogP contribution in [0.15, 0.2) is 36.9 Å². The van der Waals surface area contributed by atoms with E-state index < -0.39 is 0 Å². The molecule has 3 heteroatoms. The molecule has 2 aromatic carbocycles. The Kier molecular flexibility index (Phi) is 7.86. The number of hydrogen-bond acceptors (Lipinski definition) is 1. The molecule has 174 valence electrons. The van der Waals surface area contributed by atoms with Crippen molar-refractivity contribution in [1.82, 2.24) is 0 Å². The van der Waals surface area contributed by atoms with Crippen LogP contribution < -0.4 is 4.74 Å². The molecular formula is C29H38F2O. The molecule has 2 saturated carbocycles. The van der Waals surface area contributed by atoms with Gasteiger partial charge in [-0.1, -0.05) is 58.1 Å². The lowest BCUT2D eigenvalue weighted by molar-refractivity contribution is 0.112.